The summed E-state index contributed by atoms with van der Waals surface area (Å²) in [4.78, 5) is 25.9. The third-order valence-electron chi connectivity index (χ3n) is 4.76. The monoisotopic (exact) mass is 466 g/mol. The van der Waals surface area contributed by atoms with Crippen LogP contribution in [-0.4, -0.2) is 35.8 Å². The number of halogens is 2. The summed E-state index contributed by atoms with van der Waals surface area (Å²) in [6.07, 6.45) is 2.17. The molecule has 0 aliphatic rings. The predicted molar refractivity (Wildman–Crippen MR) is 119 cm³/mol. The molecule has 166 valence electrons. The van der Waals surface area contributed by atoms with Crippen molar-refractivity contribution in [1.82, 2.24) is 4.57 Å². The van der Waals surface area contributed by atoms with Gasteiger partial charge >= 0.3 is 0 Å². The number of rotatable bonds is 10. The molecule has 2 rings (SSSR count). The van der Waals surface area contributed by atoms with E-state index in [1.54, 1.807) is 0 Å². The molecule has 9 heteroatoms. The van der Waals surface area contributed by atoms with Crippen molar-refractivity contribution in [2.45, 2.75) is 39.7 Å². The number of methoxy groups -OCH3 is 1. The van der Waals surface area contributed by atoms with Crippen LogP contribution < -0.4 is 10.3 Å². The summed E-state index contributed by atoms with van der Waals surface area (Å²) < 4.78 is 11.6. The maximum Gasteiger partial charge on any atom is 0.271 e. The number of hydrogen-bond acceptors (Lipinski definition) is 6. The SMILES string of the molecule is CCCCOc1c(Cl)cc(C(=O)c2c(C)c(C#N)c(=O)n(CCCOC)c2O)cc1Cl. The number of ketones is 1. The minimum Gasteiger partial charge on any atom is -0.494 e. The zero-order chi connectivity index (χ0) is 23.1. The summed E-state index contributed by atoms with van der Waals surface area (Å²) >= 11 is 12.6. The lowest BCUT2D eigenvalue weighted by Gasteiger charge is -2.16. The van der Waals surface area contributed by atoms with Gasteiger partial charge in [-0.1, -0.05) is 36.5 Å². The second-order valence-electron chi connectivity index (χ2n) is 6.91. The van der Waals surface area contributed by atoms with Crippen LogP contribution in [0, 0.1) is 18.3 Å². The molecule has 0 amide bonds. The van der Waals surface area contributed by atoms with E-state index in [0.29, 0.717) is 19.6 Å². The molecule has 1 N–H and O–H groups in total. The van der Waals surface area contributed by atoms with Crippen LogP contribution in [0.25, 0.3) is 0 Å². The molecule has 2 aromatic rings. The Morgan fingerprint density at radius 3 is 2.42 bits per heavy atom. The van der Waals surface area contributed by atoms with Crippen LogP contribution in [-0.2, 0) is 11.3 Å². The van der Waals surface area contributed by atoms with Crippen molar-refractivity contribution >= 4 is 29.0 Å². The lowest BCUT2D eigenvalue weighted by molar-refractivity contribution is 0.103. The highest BCUT2D eigenvalue weighted by Gasteiger charge is 2.26. The van der Waals surface area contributed by atoms with E-state index in [0.717, 1.165) is 17.4 Å². The van der Waals surface area contributed by atoms with Gasteiger partial charge in [0.2, 0.25) is 5.88 Å². The summed E-state index contributed by atoms with van der Waals surface area (Å²) in [5.41, 5.74) is -0.841. The quantitative estimate of drug-likeness (QED) is 0.408. The smallest absolute Gasteiger partial charge is 0.271 e. The highest BCUT2D eigenvalue weighted by atomic mass is 35.5. The normalized spacial score (nSPS) is 10.7. The van der Waals surface area contributed by atoms with E-state index in [1.807, 2.05) is 13.0 Å². The van der Waals surface area contributed by atoms with E-state index in [2.05, 4.69) is 0 Å². The van der Waals surface area contributed by atoms with Crippen LogP contribution in [0.1, 0.15) is 53.2 Å². The fourth-order valence-electron chi connectivity index (χ4n) is 3.09. The first-order valence-electron chi connectivity index (χ1n) is 9.80. The molecular weight excluding hydrogens is 443 g/mol. The van der Waals surface area contributed by atoms with Gasteiger partial charge in [-0.2, -0.15) is 5.26 Å². The largest absolute Gasteiger partial charge is 0.494 e. The number of nitrogens with zero attached hydrogens (tertiary/aromatic N) is 2. The van der Waals surface area contributed by atoms with Crippen molar-refractivity contribution in [2.24, 2.45) is 0 Å². The number of hydrogen-bond donors (Lipinski definition) is 1. The Morgan fingerprint density at radius 2 is 1.87 bits per heavy atom. The zero-order valence-corrected chi connectivity index (χ0v) is 19.1. The van der Waals surface area contributed by atoms with Gasteiger partial charge < -0.3 is 14.6 Å². The average molecular weight is 467 g/mol. The summed E-state index contributed by atoms with van der Waals surface area (Å²) in [5, 5.41) is 20.5. The Labute approximate surface area is 190 Å². The molecule has 1 aromatic carbocycles. The summed E-state index contributed by atoms with van der Waals surface area (Å²) in [5.74, 6) is -0.856. The maximum atomic E-state index is 13.3. The van der Waals surface area contributed by atoms with Gasteiger partial charge in [-0.3, -0.25) is 14.2 Å². The second-order valence-corrected chi connectivity index (χ2v) is 7.73. The Balaban J connectivity index is 2.55. The molecule has 0 fully saturated rings. The number of aromatic hydroxyl groups is 1. The van der Waals surface area contributed by atoms with Gasteiger partial charge in [-0.25, -0.2) is 0 Å². The molecule has 0 spiro atoms. The number of unbranched alkanes of at least 4 members (excludes halogenated alkanes) is 1. The van der Waals surface area contributed by atoms with E-state index in [-0.39, 0.29) is 44.6 Å². The number of aromatic nitrogens is 1. The van der Waals surface area contributed by atoms with Crippen molar-refractivity contribution in [1.29, 1.82) is 5.26 Å². The molecular formula is C22H24Cl2N2O5. The van der Waals surface area contributed by atoms with E-state index in [9.17, 15) is 20.0 Å². The van der Waals surface area contributed by atoms with Crippen LogP contribution >= 0.6 is 23.2 Å². The van der Waals surface area contributed by atoms with Gasteiger partial charge in [0.1, 0.15) is 11.6 Å². The van der Waals surface area contributed by atoms with Crippen molar-refractivity contribution in [2.75, 3.05) is 20.3 Å². The molecule has 0 unspecified atom stereocenters. The number of carbonyl (C=O) groups excluding carboxylic acids is 1. The summed E-state index contributed by atoms with van der Waals surface area (Å²) in [7, 11) is 1.51. The van der Waals surface area contributed by atoms with Crippen LogP contribution in [0.2, 0.25) is 10.0 Å². The third-order valence-corrected chi connectivity index (χ3v) is 5.32. The van der Waals surface area contributed by atoms with Crippen molar-refractivity contribution in [3.8, 4) is 17.7 Å². The molecule has 0 aliphatic carbocycles. The zero-order valence-electron chi connectivity index (χ0n) is 17.6. The Hall–Kier alpha value is -2.53. The first kappa shape index (κ1) is 24.7. The molecule has 0 aliphatic heterocycles. The standard InChI is InChI=1S/C22H24Cl2N2O5/c1-4-5-9-31-20-16(23)10-14(11-17(20)24)19(27)18-13(2)15(12-25)21(28)26(22(18)29)7-6-8-30-3/h10-11,29H,4-9H2,1-3H3. The predicted octanol–water partition coefficient (Wildman–Crippen LogP) is 4.49. The lowest BCUT2D eigenvalue weighted by Crippen LogP contribution is -2.27. The van der Waals surface area contributed by atoms with E-state index >= 15 is 0 Å². The average Bonchev–Trinajstić information content (AvgIpc) is 2.72. The molecule has 0 saturated carbocycles. The van der Waals surface area contributed by atoms with E-state index in [1.165, 1.54) is 26.2 Å². The Kier molecular flexibility index (Phi) is 8.93. The van der Waals surface area contributed by atoms with Crippen molar-refractivity contribution < 1.29 is 19.4 Å². The molecule has 7 nitrogen and oxygen atoms in total. The molecule has 31 heavy (non-hydrogen) atoms. The topological polar surface area (TPSA) is 102 Å². The van der Waals surface area contributed by atoms with Gasteiger partial charge in [0.25, 0.3) is 5.56 Å². The number of carbonyl (C=O) groups is 1. The molecule has 0 saturated heterocycles. The molecule has 0 atom stereocenters. The highest BCUT2D eigenvalue weighted by Crippen LogP contribution is 2.36. The van der Waals surface area contributed by atoms with Crippen LogP contribution in [0.15, 0.2) is 16.9 Å². The van der Waals surface area contributed by atoms with Crippen LogP contribution in [0.5, 0.6) is 11.6 Å². The van der Waals surface area contributed by atoms with Gasteiger partial charge in [0.05, 0.1) is 22.2 Å². The highest BCUT2D eigenvalue weighted by molar-refractivity contribution is 6.38. The Morgan fingerprint density at radius 1 is 1.23 bits per heavy atom. The molecule has 0 bridgehead atoms. The number of ether oxygens (including phenoxy) is 2. The number of nitriles is 1. The van der Waals surface area contributed by atoms with Crippen LogP contribution in [0.4, 0.5) is 0 Å². The second kappa shape index (κ2) is 11.2. The van der Waals surface area contributed by atoms with Gasteiger partial charge in [0, 0.05) is 25.8 Å². The lowest BCUT2D eigenvalue weighted by atomic mass is 9.97. The van der Waals surface area contributed by atoms with Gasteiger partial charge in [0.15, 0.2) is 11.5 Å². The molecule has 0 radical (unpaired) electrons. The minimum atomic E-state index is -0.666. The van der Waals surface area contributed by atoms with Gasteiger partial charge in [-0.05, 0) is 37.5 Å². The minimum absolute atomic E-state index is 0.0828. The van der Waals surface area contributed by atoms with E-state index in [4.69, 9.17) is 32.7 Å². The third kappa shape index (κ3) is 5.40. The van der Waals surface area contributed by atoms with Gasteiger partial charge in [-0.15, -0.1) is 0 Å². The fraction of sp³-hybridized carbons (Fsp3) is 0.409. The van der Waals surface area contributed by atoms with Crippen molar-refractivity contribution in [3.63, 3.8) is 0 Å². The van der Waals surface area contributed by atoms with E-state index < -0.39 is 17.2 Å². The number of benzene rings is 1. The molecule has 1 aromatic heterocycles. The molecule has 1 heterocycles. The first-order valence-corrected chi connectivity index (χ1v) is 10.6. The maximum absolute atomic E-state index is 13.3. The summed E-state index contributed by atoms with van der Waals surface area (Å²) in [6.45, 7) is 4.32. The Bertz CT molecular complexity index is 1050. The fourth-order valence-corrected chi connectivity index (χ4v) is 3.69. The summed E-state index contributed by atoms with van der Waals surface area (Å²) in [6, 6.07) is 4.61. The van der Waals surface area contributed by atoms with Crippen molar-refractivity contribution in [3.05, 3.63) is 54.8 Å². The van der Waals surface area contributed by atoms with Crippen LogP contribution in [0.3, 0.4) is 0 Å². The first-order chi connectivity index (χ1) is 14.8. The number of pyridine rings is 1.